The number of rotatable bonds is 1. The van der Waals surface area contributed by atoms with Gasteiger partial charge in [-0.05, 0) is 22.4 Å². The molecule has 8 heteroatoms. The average molecular weight is 232 g/mol. The molecule has 0 saturated carbocycles. The summed E-state index contributed by atoms with van der Waals surface area (Å²) in [5.41, 5.74) is 1.21. The fraction of sp³-hybridized carbons (Fsp3) is 0. The van der Waals surface area contributed by atoms with Gasteiger partial charge in [0.25, 0.3) is 0 Å². The third kappa shape index (κ3) is 2.62. The quantitative estimate of drug-likeness (QED) is 0.484. The number of fused-ring (bicyclic) bond motifs is 1. The summed E-state index contributed by atoms with van der Waals surface area (Å²) in [6.45, 7) is 0. The maximum atomic E-state index is 9.69. The number of hydrogen-bond donors (Lipinski definition) is 2. The fourth-order valence-corrected chi connectivity index (χ4v) is 1.23. The Kier molecular flexibility index (Phi) is 3.05. The number of benzene rings is 1. The lowest BCUT2D eigenvalue weighted by molar-refractivity contribution is -0.394. The predicted octanol–water partition coefficient (Wildman–Crippen LogP) is 1.28. The highest BCUT2D eigenvalue weighted by Gasteiger charge is 2.05. The molecule has 0 fully saturated rings. The van der Waals surface area contributed by atoms with E-state index in [0.717, 1.165) is 0 Å². The van der Waals surface area contributed by atoms with Crippen molar-refractivity contribution in [2.75, 3.05) is 0 Å². The first kappa shape index (κ1) is 10.7. The molecule has 0 spiro atoms. The van der Waals surface area contributed by atoms with Crippen molar-refractivity contribution < 1.29 is 4.92 Å². The summed E-state index contributed by atoms with van der Waals surface area (Å²) in [7, 11) is 0. The predicted molar refractivity (Wildman–Crippen MR) is 59.1 cm³/mol. The number of para-hydroxylation sites is 1. The molecule has 2 aromatic heterocycles. The van der Waals surface area contributed by atoms with Gasteiger partial charge in [0.2, 0.25) is 0 Å². The van der Waals surface area contributed by atoms with Crippen molar-refractivity contribution in [2.24, 2.45) is 0 Å². The molecule has 0 aliphatic rings. The average Bonchev–Trinajstić information content (AvgIpc) is 3.01. The summed E-state index contributed by atoms with van der Waals surface area (Å²) in [6, 6.07) is 10.3. The minimum absolute atomic E-state index is 0.440. The Morgan fingerprint density at radius 1 is 1.24 bits per heavy atom. The van der Waals surface area contributed by atoms with Crippen molar-refractivity contribution in [3.63, 3.8) is 0 Å². The zero-order valence-corrected chi connectivity index (χ0v) is 8.57. The minimum Gasteiger partial charge on any atom is -0.390 e. The molecule has 0 atom stereocenters. The third-order valence-electron chi connectivity index (χ3n) is 1.97. The second-order valence-corrected chi connectivity index (χ2v) is 3.05. The zero-order chi connectivity index (χ0) is 12.1. The van der Waals surface area contributed by atoms with Gasteiger partial charge in [-0.2, -0.15) is 0 Å². The lowest BCUT2D eigenvalue weighted by Crippen LogP contribution is -1.88. The Labute approximate surface area is 94.8 Å². The van der Waals surface area contributed by atoms with Gasteiger partial charge in [-0.1, -0.05) is 18.2 Å². The van der Waals surface area contributed by atoms with Gasteiger partial charge in [-0.3, -0.25) is 0 Å². The molecule has 17 heavy (non-hydrogen) atoms. The SMILES string of the molecule is O=[N+]([O-])c1nnn[nH]1.c1ccc2[nH]ccc2c1. The lowest BCUT2D eigenvalue weighted by Gasteiger charge is -1.83. The molecule has 0 bridgehead atoms. The molecule has 0 amide bonds. The van der Waals surface area contributed by atoms with E-state index in [1.807, 2.05) is 23.4 Å². The van der Waals surface area contributed by atoms with E-state index in [4.69, 9.17) is 0 Å². The molecule has 8 nitrogen and oxygen atoms in total. The van der Waals surface area contributed by atoms with Crippen LogP contribution < -0.4 is 0 Å². The molecule has 0 aliphatic heterocycles. The van der Waals surface area contributed by atoms with E-state index in [1.165, 1.54) is 10.9 Å². The molecule has 0 aliphatic carbocycles. The summed E-state index contributed by atoms with van der Waals surface area (Å²) >= 11 is 0. The summed E-state index contributed by atoms with van der Waals surface area (Å²) in [6.07, 6.45) is 1.95. The molecule has 2 N–H and O–H groups in total. The van der Waals surface area contributed by atoms with Gasteiger partial charge < -0.3 is 15.1 Å². The first-order chi connectivity index (χ1) is 8.27. The van der Waals surface area contributed by atoms with Gasteiger partial charge in [0.05, 0.1) is 10.3 Å². The third-order valence-corrected chi connectivity index (χ3v) is 1.97. The number of aromatic amines is 2. The standard InChI is InChI=1S/C8H7N.CHN5O2/c1-2-4-8-7(3-1)5-6-9-8;7-6(8)1-2-4-5-3-1/h1-6,9H;(H,2,3,4,5). The highest BCUT2D eigenvalue weighted by atomic mass is 16.6. The number of nitrogens with zero attached hydrogens (tertiary/aromatic N) is 4. The van der Waals surface area contributed by atoms with E-state index in [9.17, 15) is 10.1 Å². The number of H-pyrrole nitrogens is 2. The normalized spacial score (nSPS) is 9.65. The molecule has 0 unspecified atom stereocenters. The Hall–Kier alpha value is -2.77. The zero-order valence-electron chi connectivity index (χ0n) is 8.57. The maximum Gasteiger partial charge on any atom is 0.477 e. The minimum atomic E-state index is -0.708. The van der Waals surface area contributed by atoms with Crippen LogP contribution in [0.15, 0.2) is 36.5 Å². The molecule has 86 valence electrons. The topological polar surface area (TPSA) is 113 Å². The molecule has 0 radical (unpaired) electrons. The smallest absolute Gasteiger partial charge is 0.390 e. The number of nitro groups is 1. The number of aromatic nitrogens is 5. The Morgan fingerprint density at radius 2 is 2.06 bits per heavy atom. The van der Waals surface area contributed by atoms with E-state index >= 15 is 0 Å². The molecule has 1 aromatic carbocycles. The van der Waals surface area contributed by atoms with Gasteiger partial charge in [0.1, 0.15) is 0 Å². The van der Waals surface area contributed by atoms with Crippen LogP contribution >= 0.6 is 0 Å². The maximum absolute atomic E-state index is 9.69. The number of tetrazole rings is 1. The molecule has 0 saturated heterocycles. The Balaban J connectivity index is 0.000000128. The van der Waals surface area contributed by atoms with Crippen LogP contribution in [0.5, 0.6) is 0 Å². The first-order valence-corrected chi connectivity index (χ1v) is 4.67. The first-order valence-electron chi connectivity index (χ1n) is 4.67. The van der Waals surface area contributed by atoms with Crippen molar-refractivity contribution in [1.29, 1.82) is 0 Å². The van der Waals surface area contributed by atoms with Crippen molar-refractivity contribution in [3.8, 4) is 0 Å². The van der Waals surface area contributed by atoms with Gasteiger partial charge in [-0.15, -0.1) is 5.10 Å². The molecular weight excluding hydrogens is 224 g/mol. The van der Waals surface area contributed by atoms with E-state index in [1.54, 1.807) is 0 Å². The number of hydrogen-bond acceptors (Lipinski definition) is 5. The number of nitrogens with one attached hydrogen (secondary N) is 2. The van der Waals surface area contributed by atoms with Crippen LogP contribution in [0.3, 0.4) is 0 Å². The molecule has 3 aromatic rings. The van der Waals surface area contributed by atoms with Crippen molar-refractivity contribution in [3.05, 3.63) is 46.6 Å². The monoisotopic (exact) mass is 232 g/mol. The second kappa shape index (κ2) is 4.84. The molecule has 2 heterocycles. The van der Waals surface area contributed by atoms with E-state index in [-0.39, 0.29) is 0 Å². The molecule has 3 rings (SSSR count). The van der Waals surface area contributed by atoms with Crippen molar-refractivity contribution in [1.82, 2.24) is 25.6 Å². The molecular formula is C9H8N6O2. The Morgan fingerprint density at radius 3 is 2.65 bits per heavy atom. The summed E-state index contributed by atoms with van der Waals surface area (Å²) in [5.74, 6) is -0.440. The Bertz CT molecular complexity index is 573. The second-order valence-electron chi connectivity index (χ2n) is 3.05. The highest BCUT2D eigenvalue weighted by molar-refractivity contribution is 5.78. The summed E-state index contributed by atoms with van der Waals surface area (Å²) in [4.78, 5) is 12.1. The van der Waals surface area contributed by atoms with Crippen molar-refractivity contribution in [2.45, 2.75) is 0 Å². The largest absolute Gasteiger partial charge is 0.477 e. The van der Waals surface area contributed by atoms with E-state index in [2.05, 4.69) is 38.7 Å². The van der Waals surface area contributed by atoms with Crippen LogP contribution in [-0.2, 0) is 0 Å². The lowest BCUT2D eigenvalue weighted by atomic mass is 10.3. The van der Waals surface area contributed by atoms with Crippen LogP contribution in [0.1, 0.15) is 0 Å². The van der Waals surface area contributed by atoms with Gasteiger partial charge in [0, 0.05) is 16.9 Å². The van der Waals surface area contributed by atoms with Crippen molar-refractivity contribution >= 4 is 16.9 Å². The summed E-state index contributed by atoms with van der Waals surface area (Å²) < 4.78 is 0. The highest BCUT2D eigenvalue weighted by Crippen LogP contribution is 2.09. The fourth-order valence-electron chi connectivity index (χ4n) is 1.23. The van der Waals surface area contributed by atoms with Gasteiger partial charge >= 0.3 is 5.95 Å². The van der Waals surface area contributed by atoms with Crippen LogP contribution in [-0.4, -0.2) is 30.5 Å². The van der Waals surface area contributed by atoms with Crippen LogP contribution in [0.25, 0.3) is 10.9 Å². The summed E-state index contributed by atoms with van der Waals surface area (Å²) in [5, 5.41) is 21.9. The van der Waals surface area contributed by atoms with E-state index < -0.39 is 10.9 Å². The van der Waals surface area contributed by atoms with Crippen LogP contribution in [0.2, 0.25) is 0 Å². The van der Waals surface area contributed by atoms with Crippen LogP contribution in [0.4, 0.5) is 5.95 Å². The van der Waals surface area contributed by atoms with Crippen LogP contribution in [0, 0.1) is 10.1 Å². The van der Waals surface area contributed by atoms with E-state index in [0.29, 0.717) is 0 Å². The van der Waals surface area contributed by atoms with Gasteiger partial charge in [-0.25, -0.2) is 0 Å². The van der Waals surface area contributed by atoms with Gasteiger partial charge in [0.15, 0.2) is 0 Å².